The number of carbonyl (C=O) groups is 1. The largest absolute Gasteiger partial charge is 0.382 e. The van der Waals surface area contributed by atoms with Crippen molar-refractivity contribution in [2.75, 3.05) is 5.32 Å². The number of anilines is 1. The summed E-state index contributed by atoms with van der Waals surface area (Å²) >= 11 is 6.10. The monoisotopic (exact) mass is 462 g/mol. The number of pyridine rings is 1. The fourth-order valence-electron chi connectivity index (χ4n) is 6.89. The van der Waals surface area contributed by atoms with E-state index >= 15 is 0 Å². The smallest absolute Gasteiger partial charge is 0.270 e. The van der Waals surface area contributed by atoms with Gasteiger partial charge in [-0.05, 0) is 86.0 Å². The number of imidazole rings is 1. The molecule has 2 N–H and O–H groups in total. The summed E-state index contributed by atoms with van der Waals surface area (Å²) < 4.78 is 1.82. The molecule has 5 nitrogen and oxygen atoms in total. The Morgan fingerprint density at radius 1 is 1.06 bits per heavy atom. The second-order valence-electron chi connectivity index (χ2n) is 10.3. The van der Waals surface area contributed by atoms with Gasteiger partial charge in [0.15, 0.2) is 0 Å². The number of aryl methyl sites for hydroxylation is 1. The molecule has 3 aromatic rings. The third-order valence-corrected chi connectivity index (χ3v) is 8.41. The molecule has 0 spiro atoms. The summed E-state index contributed by atoms with van der Waals surface area (Å²) in [6, 6.07) is 12.8. The Kier molecular flexibility index (Phi) is 5.33. The van der Waals surface area contributed by atoms with Crippen LogP contribution in [-0.2, 0) is 13.0 Å². The zero-order valence-electron chi connectivity index (χ0n) is 19.1. The van der Waals surface area contributed by atoms with Crippen LogP contribution in [0.2, 0.25) is 5.02 Å². The lowest BCUT2D eigenvalue weighted by Crippen LogP contribution is -2.51. The first kappa shape index (κ1) is 21.0. The molecule has 6 heteroatoms. The minimum Gasteiger partial charge on any atom is -0.382 e. The zero-order valence-corrected chi connectivity index (χ0v) is 19.8. The number of carbonyl (C=O) groups excluding carboxylic acids is 1. The van der Waals surface area contributed by atoms with Gasteiger partial charge in [-0.25, -0.2) is 4.98 Å². The summed E-state index contributed by atoms with van der Waals surface area (Å²) in [5.41, 5.74) is 4.36. The van der Waals surface area contributed by atoms with Crippen LogP contribution in [0.4, 0.5) is 5.69 Å². The molecular weight excluding hydrogens is 432 g/mol. The van der Waals surface area contributed by atoms with E-state index in [0.29, 0.717) is 35.4 Å². The minimum atomic E-state index is -0.113. The van der Waals surface area contributed by atoms with E-state index in [4.69, 9.17) is 11.6 Å². The molecule has 4 aliphatic rings. The molecule has 7 rings (SSSR count). The predicted molar refractivity (Wildman–Crippen MR) is 132 cm³/mol. The Labute approximate surface area is 199 Å². The topological polar surface area (TPSA) is 58.4 Å². The van der Waals surface area contributed by atoms with E-state index in [-0.39, 0.29) is 5.91 Å². The van der Waals surface area contributed by atoms with E-state index in [0.717, 1.165) is 34.9 Å². The Balaban J connectivity index is 1.11. The molecule has 0 aliphatic heterocycles. The molecule has 0 unspecified atom stereocenters. The van der Waals surface area contributed by atoms with Gasteiger partial charge in [0.05, 0.1) is 5.69 Å². The lowest BCUT2D eigenvalue weighted by Gasteiger charge is -2.54. The lowest BCUT2D eigenvalue weighted by atomic mass is 9.54. The van der Waals surface area contributed by atoms with E-state index < -0.39 is 0 Å². The second-order valence-corrected chi connectivity index (χ2v) is 10.8. The number of nitrogens with one attached hydrogen (secondary N) is 2. The predicted octanol–water partition coefficient (Wildman–Crippen LogP) is 5.72. The van der Waals surface area contributed by atoms with E-state index in [1.54, 1.807) is 12.1 Å². The molecule has 1 aromatic carbocycles. The quantitative estimate of drug-likeness (QED) is 0.492. The van der Waals surface area contributed by atoms with Crippen molar-refractivity contribution >= 4 is 28.8 Å². The van der Waals surface area contributed by atoms with Crippen LogP contribution in [0.5, 0.6) is 0 Å². The number of aromatic nitrogens is 2. The van der Waals surface area contributed by atoms with Gasteiger partial charge >= 0.3 is 0 Å². The molecule has 172 valence electrons. The van der Waals surface area contributed by atoms with Gasteiger partial charge in [-0.1, -0.05) is 30.7 Å². The first-order chi connectivity index (χ1) is 16.1. The van der Waals surface area contributed by atoms with Crippen LogP contribution in [0.1, 0.15) is 60.8 Å². The molecule has 0 saturated heterocycles. The SMILES string of the molecule is CCc1nc2cc(Cl)ccn2c1C(=O)NCc1ccc(NC2C3CC4CC(C3)CC2C4)cc1. The van der Waals surface area contributed by atoms with Crippen LogP contribution in [0.25, 0.3) is 5.65 Å². The summed E-state index contributed by atoms with van der Waals surface area (Å²) in [6.45, 7) is 2.50. The highest BCUT2D eigenvalue weighted by Crippen LogP contribution is 2.54. The third kappa shape index (κ3) is 3.90. The maximum atomic E-state index is 13.0. The highest BCUT2D eigenvalue weighted by atomic mass is 35.5. The molecule has 4 fully saturated rings. The summed E-state index contributed by atoms with van der Waals surface area (Å²) in [6.07, 6.45) is 9.67. The van der Waals surface area contributed by atoms with Crippen LogP contribution in [0.15, 0.2) is 42.6 Å². The molecule has 2 heterocycles. The number of amides is 1. The average molecular weight is 463 g/mol. The molecule has 1 amide bonds. The number of hydrogen-bond acceptors (Lipinski definition) is 3. The van der Waals surface area contributed by atoms with Crippen molar-refractivity contribution in [2.45, 2.75) is 58.0 Å². The number of hydrogen-bond donors (Lipinski definition) is 2. The maximum absolute atomic E-state index is 13.0. The fourth-order valence-corrected chi connectivity index (χ4v) is 7.05. The highest BCUT2D eigenvalue weighted by Gasteiger charge is 2.48. The summed E-state index contributed by atoms with van der Waals surface area (Å²) in [5, 5.41) is 7.56. The van der Waals surface area contributed by atoms with E-state index in [9.17, 15) is 4.79 Å². The van der Waals surface area contributed by atoms with Gasteiger partial charge in [-0.3, -0.25) is 9.20 Å². The first-order valence-electron chi connectivity index (χ1n) is 12.4. The Hall–Kier alpha value is -2.53. The van der Waals surface area contributed by atoms with Crippen molar-refractivity contribution in [1.29, 1.82) is 0 Å². The van der Waals surface area contributed by atoms with Gasteiger partial charge in [-0.15, -0.1) is 0 Å². The molecule has 4 bridgehead atoms. The van der Waals surface area contributed by atoms with Gasteiger partial charge in [-0.2, -0.15) is 0 Å². The van der Waals surface area contributed by atoms with Crippen molar-refractivity contribution in [3.8, 4) is 0 Å². The number of rotatable bonds is 6. The molecule has 0 atom stereocenters. The average Bonchev–Trinajstić information content (AvgIpc) is 3.18. The van der Waals surface area contributed by atoms with Crippen LogP contribution >= 0.6 is 11.6 Å². The number of benzene rings is 1. The van der Waals surface area contributed by atoms with E-state index in [1.807, 2.05) is 17.5 Å². The minimum absolute atomic E-state index is 0.113. The van der Waals surface area contributed by atoms with Crippen LogP contribution in [0.3, 0.4) is 0 Å². The molecule has 4 aliphatic carbocycles. The molecular formula is C27H31ClN4O. The Morgan fingerprint density at radius 2 is 1.76 bits per heavy atom. The van der Waals surface area contributed by atoms with Crippen molar-refractivity contribution in [1.82, 2.24) is 14.7 Å². The summed E-state index contributed by atoms with van der Waals surface area (Å²) in [7, 11) is 0. The van der Waals surface area contributed by atoms with Gasteiger partial charge < -0.3 is 10.6 Å². The Morgan fingerprint density at radius 3 is 2.42 bits per heavy atom. The van der Waals surface area contributed by atoms with Crippen molar-refractivity contribution in [3.05, 3.63) is 64.6 Å². The van der Waals surface area contributed by atoms with E-state index in [1.165, 1.54) is 37.8 Å². The number of halogens is 1. The van der Waals surface area contributed by atoms with Gasteiger partial charge in [0.2, 0.25) is 0 Å². The van der Waals surface area contributed by atoms with Crippen molar-refractivity contribution in [2.24, 2.45) is 23.7 Å². The van der Waals surface area contributed by atoms with Crippen LogP contribution < -0.4 is 10.6 Å². The second kappa shape index (κ2) is 8.35. The van der Waals surface area contributed by atoms with Crippen LogP contribution in [-0.4, -0.2) is 21.3 Å². The number of nitrogens with zero attached hydrogens (tertiary/aromatic N) is 2. The number of fused-ring (bicyclic) bond motifs is 1. The third-order valence-electron chi connectivity index (χ3n) is 8.18. The molecule has 33 heavy (non-hydrogen) atoms. The molecule has 2 aromatic heterocycles. The standard InChI is InChI=1S/C27H31ClN4O/c1-2-23-26(32-8-7-21(28)14-24(32)31-23)27(33)29-15-16-3-5-22(6-4-16)30-25-19-10-17-9-18(12-19)13-20(25)11-17/h3-8,14,17-20,25,30H,2,9-13,15H2,1H3,(H,29,33). The lowest BCUT2D eigenvalue weighted by molar-refractivity contribution is 0.00754. The first-order valence-corrected chi connectivity index (χ1v) is 12.8. The fraction of sp³-hybridized carbons (Fsp3) is 0.481. The van der Waals surface area contributed by atoms with Gasteiger partial charge in [0.1, 0.15) is 11.3 Å². The molecule has 4 saturated carbocycles. The van der Waals surface area contributed by atoms with Crippen LogP contribution in [0, 0.1) is 23.7 Å². The van der Waals surface area contributed by atoms with Gasteiger partial charge in [0.25, 0.3) is 5.91 Å². The van der Waals surface area contributed by atoms with E-state index in [2.05, 4.69) is 39.9 Å². The van der Waals surface area contributed by atoms with Crippen molar-refractivity contribution < 1.29 is 4.79 Å². The Bertz CT molecular complexity index is 1160. The van der Waals surface area contributed by atoms with Crippen molar-refractivity contribution in [3.63, 3.8) is 0 Å². The molecule has 0 radical (unpaired) electrons. The zero-order chi connectivity index (χ0) is 22.5. The normalized spacial score (nSPS) is 27.8. The van der Waals surface area contributed by atoms with Gasteiger partial charge in [0, 0.05) is 35.6 Å². The summed E-state index contributed by atoms with van der Waals surface area (Å²) in [5.74, 6) is 3.59. The highest BCUT2D eigenvalue weighted by molar-refractivity contribution is 6.30. The maximum Gasteiger partial charge on any atom is 0.270 e. The summed E-state index contributed by atoms with van der Waals surface area (Å²) in [4.78, 5) is 17.6.